The van der Waals surface area contributed by atoms with E-state index in [9.17, 15) is 0 Å². The van der Waals surface area contributed by atoms with Gasteiger partial charge in [-0.25, -0.2) is 4.98 Å². The maximum Gasteiger partial charge on any atom is 0.0945 e. The molecule has 0 aromatic carbocycles. The van der Waals surface area contributed by atoms with Crippen LogP contribution >= 0.6 is 0 Å². The van der Waals surface area contributed by atoms with Crippen LogP contribution in [0.2, 0.25) is 0 Å². The summed E-state index contributed by atoms with van der Waals surface area (Å²) in [5.74, 6) is 0.804. The van der Waals surface area contributed by atoms with Crippen LogP contribution in [0.3, 0.4) is 0 Å². The summed E-state index contributed by atoms with van der Waals surface area (Å²) in [5, 5.41) is 0. The number of nitrogens with zero attached hydrogens (tertiary/aromatic N) is 2. The first-order valence-corrected chi connectivity index (χ1v) is 4.83. The minimum atomic E-state index is 0.0488. The highest BCUT2D eigenvalue weighted by Gasteiger charge is 2.38. The normalized spacial score (nSPS) is 33.0. The minimum absolute atomic E-state index is 0.0488. The Kier molecular flexibility index (Phi) is 1.91. The molecule has 72 valence electrons. The van der Waals surface area contributed by atoms with E-state index in [0.29, 0.717) is 0 Å². The van der Waals surface area contributed by atoms with E-state index in [0.717, 1.165) is 25.2 Å². The molecule has 2 rings (SSSR count). The molecule has 3 nitrogen and oxygen atoms in total. The zero-order chi connectivity index (χ0) is 9.47. The van der Waals surface area contributed by atoms with Gasteiger partial charge < -0.3 is 10.3 Å². The molecule has 0 aliphatic heterocycles. The molecule has 1 aromatic heterocycles. The van der Waals surface area contributed by atoms with Gasteiger partial charge in [0.05, 0.1) is 6.33 Å². The number of hydrogen-bond acceptors (Lipinski definition) is 2. The summed E-state index contributed by atoms with van der Waals surface area (Å²) in [5.41, 5.74) is 7.51. The molecule has 0 radical (unpaired) electrons. The number of rotatable bonds is 2. The van der Waals surface area contributed by atoms with Crippen molar-refractivity contribution < 1.29 is 0 Å². The molecule has 1 aliphatic rings. The second-order valence-corrected chi connectivity index (χ2v) is 4.55. The number of hydrogen-bond donors (Lipinski definition) is 1. The van der Waals surface area contributed by atoms with E-state index in [-0.39, 0.29) is 5.54 Å². The predicted molar refractivity (Wildman–Crippen MR) is 52.2 cm³/mol. The molecule has 3 heteroatoms. The molecule has 1 aliphatic carbocycles. The molecule has 13 heavy (non-hydrogen) atoms. The summed E-state index contributed by atoms with van der Waals surface area (Å²) in [6.07, 6.45) is 7.02. The van der Waals surface area contributed by atoms with Crippen molar-refractivity contribution in [2.24, 2.45) is 18.7 Å². The van der Waals surface area contributed by atoms with Crippen molar-refractivity contribution in [1.29, 1.82) is 0 Å². The Morgan fingerprint density at radius 1 is 1.69 bits per heavy atom. The maximum atomic E-state index is 6.21. The molecular weight excluding hydrogens is 162 g/mol. The van der Waals surface area contributed by atoms with Gasteiger partial charge in [0.1, 0.15) is 0 Å². The van der Waals surface area contributed by atoms with Crippen LogP contribution in [0.25, 0.3) is 0 Å². The van der Waals surface area contributed by atoms with Crippen LogP contribution < -0.4 is 5.73 Å². The fourth-order valence-corrected chi connectivity index (χ4v) is 2.39. The second-order valence-electron chi connectivity index (χ2n) is 4.55. The zero-order valence-electron chi connectivity index (χ0n) is 8.33. The number of aromatic nitrogens is 2. The molecular formula is C10H17N3. The molecule has 1 saturated carbocycles. The topological polar surface area (TPSA) is 43.8 Å². The Hall–Kier alpha value is -0.830. The highest BCUT2D eigenvalue weighted by Crippen LogP contribution is 2.37. The molecule has 1 fully saturated rings. The zero-order valence-corrected chi connectivity index (χ0v) is 8.33. The Morgan fingerprint density at radius 3 is 2.85 bits per heavy atom. The first-order valence-electron chi connectivity index (χ1n) is 4.83. The molecule has 0 bridgehead atoms. The van der Waals surface area contributed by atoms with Crippen molar-refractivity contribution in [1.82, 2.24) is 9.55 Å². The average Bonchev–Trinajstić information content (AvgIpc) is 2.33. The van der Waals surface area contributed by atoms with Crippen molar-refractivity contribution in [3.05, 3.63) is 18.2 Å². The molecule has 0 unspecified atom stereocenters. The first kappa shape index (κ1) is 8.75. The van der Waals surface area contributed by atoms with Gasteiger partial charge in [-0.2, -0.15) is 0 Å². The van der Waals surface area contributed by atoms with Crippen LogP contribution in [0.15, 0.2) is 12.5 Å². The fourth-order valence-electron chi connectivity index (χ4n) is 2.39. The van der Waals surface area contributed by atoms with E-state index >= 15 is 0 Å². The molecule has 0 atom stereocenters. The Bertz CT molecular complexity index is 297. The van der Waals surface area contributed by atoms with Crippen LogP contribution in [-0.2, 0) is 13.5 Å². The first-order chi connectivity index (χ1) is 6.09. The van der Waals surface area contributed by atoms with Gasteiger partial charge in [-0.15, -0.1) is 0 Å². The molecule has 0 spiro atoms. The van der Waals surface area contributed by atoms with E-state index in [2.05, 4.69) is 16.5 Å². The standard InChI is InChI=1S/C10H17N3/c1-8-3-10(11,4-8)5-9-6-12-7-13(9)2/h6-8H,3-5,11H2,1-2H3. The lowest BCUT2D eigenvalue weighted by Crippen LogP contribution is -2.52. The van der Waals surface area contributed by atoms with Crippen LogP contribution in [0.5, 0.6) is 0 Å². The summed E-state index contributed by atoms with van der Waals surface area (Å²) < 4.78 is 2.05. The average molecular weight is 179 g/mol. The van der Waals surface area contributed by atoms with Gasteiger partial charge >= 0.3 is 0 Å². The van der Waals surface area contributed by atoms with E-state index in [1.54, 1.807) is 0 Å². The molecule has 0 saturated heterocycles. The van der Waals surface area contributed by atoms with Gasteiger partial charge in [0, 0.05) is 30.9 Å². The third kappa shape index (κ3) is 1.61. The Balaban J connectivity index is 2.03. The van der Waals surface area contributed by atoms with E-state index in [4.69, 9.17) is 5.73 Å². The van der Waals surface area contributed by atoms with E-state index in [1.807, 2.05) is 19.6 Å². The number of imidazole rings is 1. The fraction of sp³-hybridized carbons (Fsp3) is 0.700. The van der Waals surface area contributed by atoms with Crippen LogP contribution in [0.1, 0.15) is 25.5 Å². The van der Waals surface area contributed by atoms with Crippen molar-refractivity contribution in [3.8, 4) is 0 Å². The smallest absolute Gasteiger partial charge is 0.0945 e. The van der Waals surface area contributed by atoms with Crippen molar-refractivity contribution in [3.63, 3.8) is 0 Å². The van der Waals surface area contributed by atoms with Gasteiger partial charge in [0.25, 0.3) is 0 Å². The van der Waals surface area contributed by atoms with Gasteiger partial charge in [0.15, 0.2) is 0 Å². The number of aryl methyl sites for hydroxylation is 1. The summed E-state index contributed by atoms with van der Waals surface area (Å²) >= 11 is 0. The van der Waals surface area contributed by atoms with Crippen LogP contribution in [-0.4, -0.2) is 15.1 Å². The van der Waals surface area contributed by atoms with E-state index < -0.39 is 0 Å². The third-order valence-corrected chi connectivity index (χ3v) is 2.96. The SMILES string of the molecule is CC1CC(N)(Cc2cncn2C)C1. The van der Waals surface area contributed by atoms with Crippen LogP contribution in [0, 0.1) is 5.92 Å². The van der Waals surface area contributed by atoms with Gasteiger partial charge in [-0.1, -0.05) is 6.92 Å². The van der Waals surface area contributed by atoms with E-state index in [1.165, 1.54) is 5.69 Å². The predicted octanol–water partition coefficient (Wildman–Crippen LogP) is 1.09. The van der Waals surface area contributed by atoms with Crippen molar-refractivity contribution >= 4 is 0 Å². The van der Waals surface area contributed by atoms with Gasteiger partial charge in [-0.3, -0.25) is 0 Å². The molecule has 2 N–H and O–H groups in total. The highest BCUT2D eigenvalue weighted by atomic mass is 15.0. The van der Waals surface area contributed by atoms with Crippen molar-refractivity contribution in [2.75, 3.05) is 0 Å². The second kappa shape index (κ2) is 2.84. The monoisotopic (exact) mass is 179 g/mol. The number of nitrogens with two attached hydrogens (primary N) is 1. The summed E-state index contributed by atoms with van der Waals surface area (Å²) in [4.78, 5) is 4.09. The molecule has 1 heterocycles. The summed E-state index contributed by atoms with van der Waals surface area (Å²) in [6.45, 7) is 2.26. The summed E-state index contributed by atoms with van der Waals surface area (Å²) in [6, 6.07) is 0. The Labute approximate surface area is 79.0 Å². The van der Waals surface area contributed by atoms with Crippen molar-refractivity contribution in [2.45, 2.75) is 31.7 Å². The van der Waals surface area contributed by atoms with Gasteiger partial charge in [-0.05, 0) is 18.8 Å². The Morgan fingerprint density at radius 2 is 2.38 bits per heavy atom. The lowest BCUT2D eigenvalue weighted by atomic mass is 9.68. The lowest BCUT2D eigenvalue weighted by Gasteiger charge is -2.43. The largest absolute Gasteiger partial charge is 0.338 e. The maximum absolute atomic E-state index is 6.21. The third-order valence-electron chi connectivity index (χ3n) is 2.96. The highest BCUT2D eigenvalue weighted by molar-refractivity contribution is 5.09. The quantitative estimate of drug-likeness (QED) is 0.738. The summed E-state index contributed by atoms with van der Waals surface area (Å²) in [7, 11) is 2.02. The lowest BCUT2D eigenvalue weighted by molar-refractivity contribution is 0.160. The van der Waals surface area contributed by atoms with Gasteiger partial charge in [0.2, 0.25) is 0 Å². The van der Waals surface area contributed by atoms with Crippen LogP contribution in [0.4, 0.5) is 0 Å². The minimum Gasteiger partial charge on any atom is -0.338 e. The molecule has 0 amide bonds. The molecule has 1 aromatic rings.